The normalized spacial score (nSPS) is 12.0. The summed E-state index contributed by atoms with van der Waals surface area (Å²) >= 11 is 0. The smallest absolute Gasteiger partial charge is 0.165 e. The number of nitrogens with two attached hydrogens (primary N) is 1. The second-order valence-electron chi connectivity index (χ2n) is 4.75. The molecule has 5 heteroatoms. The minimum absolute atomic E-state index is 0.0155. The highest BCUT2D eigenvalue weighted by atomic mass is 19.1. The Bertz CT molecular complexity index is 604. The van der Waals surface area contributed by atoms with E-state index in [-0.39, 0.29) is 19.0 Å². The molecule has 4 nitrogen and oxygen atoms in total. The topological polar surface area (TPSA) is 64.7 Å². The molecule has 0 aliphatic rings. The molecule has 0 aliphatic heterocycles. The van der Waals surface area contributed by atoms with E-state index in [9.17, 15) is 9.50 Å². The summed E-state index contributed by atoms with van der Waals surface area (Å²) in [7, 11) is 0. The van der Waals surface area contributed by atoms with Crippen LogP contribution in [0, 0.1) is 12.7 Å². The molecule has 21 heavy (non-hydrogen) atoms. The van der Waals surface area contributed by atoms with Crippen molar-refractivity contribution in [2.24, 2.45) is 0 Å². The fraction of sp³-hybridized carbons (Fsp3) is 0.250. The molecule has 0 aromatic heterocycles. The molecule has 112 valence electrons. The number of ether oxygens (including phenoxy) is 2. The summed E-state index contributed by atoms with van der Waals surface area (Å²) in [5, 5.41) is 9.81. The molecule has 0 bridgehead atoms. The maximum absolute atomic E-state index is 13.5. The fourth-order valence-electron chi connectivity index (χ4n) is 1.75. The molecule has 0 saturated heterocycles. The molecule has 0 aliphatic carbocycles. The molecule has 0 fully saturated rings. The summed E-state index contributed by atoms with van der Waals surface area (Å²) in [5.74, 6) is 0.160. The molecule has 0 heterocycles. The van der Waals surface area contributed by atoms with Crippen LogP contribution in [0.2, 0.25) is 0 Å². The van der Waals surface area contributed by atoms with Crippen molar-refractivity contribution in [3.05, 3.63) is 53.8 Å². The van der Waals surface area contributed by atoms with E-state index in [4.69, 9.17) is 15.2 Å². The van der Waals surface area contributed by atoms with Gasteiger partial charge in [0.05, 0.1) is 5.69 Å². The van der Waals surface area contributed by atoms with Crippen LogP contribution in [0.3, 0.4) is 0 Å². The fourth-order valence-corrected chi connectivity index (χ4v) is 1.75. The van der Waals surface area contributed by atoms with E-state index in [1.54, 1.807) is 36.4 Å². The molecule has 2 rings (SSSR count). The van der Waals surface area contributed by atoms with Gasteiger partial charge in [-0.3, -0.25) is 0 Å². The van der Waals surface area contributed by atoms with E-state index in [1.165, 1.54) is 6.07 Å². The standard InChI is InChI=1S/C16H18FNO3/c1-11-6-7-13(17)16(8-11)21-10-12(19)9-20-15-5-3-2-4-14(15)18/h2-8,12,19H,9-10,18H2,1H3. The first-order chi connectivity index (χ1) is 10.1. The number of hydrogen-bond donors (Lipinski definition) is 2. The van der Waals surface area contributed by atoms with E-state index in [0.717, 1.165) is 5.56 Å². The highest BCUT2D eigenvalue weighted by Gasteiger charge is 2.10. The molecular formula is C16H18FNO3. The first kappa shape index (κ1) is 15.1. The quantitative estimate of drug-likeness (QED) is 0.803. The van der Waals surface area contributed by atoms with Crippen LogP contribution in [-0.2, 0) is 0 Å². The molecule has 0 saturated carbocycles. The third-order valence-electron chi connectivity index (χ3n) is 2.87. The summed E-state index contributed by atoms with van der Waals surface area (Å²) in [6, 6.07) is 11.6. The molecule has 3 N–H and O–H groups in total. The van der Waals surface area contributed by atoms with Crippen molar-refractivity contribution < 1.29 is 19.0 Å². The molecular weight excluding hydrogens is 273 g/mol. The zero-order valence-electron chi connectivity index (χ0n) is 11.8. The Morgan fingerprint density at radius 3 is 2.48 bits per heavy atom. The van der Waals surface area contributed by atoms with Gasteiger partial charge >= 0.3 is 0 Å². The lowest BCUT2D eigenvalue weighted by molar-refractivity contribution is 0.0615. The average molecular weight is 291 g/mol. The van der Waals surface area contributed by atoms with E-state index >= 15 is 0 Å². The summed E-state index contributed by atoms with van der Waals surface area (Å²) < 4.78 is 24.1. The van der Waals surface area contributed by atoms with Crippen molar-refractivity contribution in [2.45, 2.75) is 13.0 Å². The van der Waals surface area contributed by atoms with Gasteiger partial charge in [0, 0.05) is 0 Å². The zero-order valence-corrected chi connectivity index (χ0v) is 11.8. The first-order valence-corrected chi connectivity index (χ1v) is 6.60. The maximum atomic E-state index is 13.5. The van der Waals surface area contributed by atoms with Crippen LogP contribution in [0.25, 0.3) is 0 Å². The van der Waals surface area contributed by atoms with Crippen LogP contribution in [0.1, 0.15) is 5.56 Å². The lowest BCUT2D eigenvalue weighted by atomic mass is 10.2. The van der Waals surface area contributed by atoms with Gasteiger partial charge in [-0.1, -0.05) is 18.2 Å². The third-order valence-corrected chi connectivity index (χ3v) is 2.87. The zero-order chi connectivity index (χ0) is 15.2. The Kier molecular flexibility index (Phi) is 5.00. The van der Waals surface area contributed by atoms with Gasteiger partial charge in [0.2, 0.25) is 0 Å². The molecule has 0 radical (unpaired) electrons. The molecule has 0 amide bonds. The van der Waals surface area contributed by atoms with Gasteiger partial charge in [-0.15, -0.1) is 0 Å². The summed E-state index contributed by atoms with van der Waals surface area (Å²) in [5.41, 5.74) is 7.10. The van der Waals surface area contributed by atoms with Crippen LogP contribution >= 0.6 is 0 Å². The van der Waals surface area contributed by atoms with Crippen LogP contribution in [0.15, 0.2) is 42.5 Å². The Morgan fingerprint density at radius 2 is 1.76 bits per heavy atom. The monoisotopic (exact) mass is 291 g/mol. The van der Waals surface area contributed by atoms with Gasteiger partial charge in [-0.25, -0.2) is 4.39 Å². The van der Waals surface area contributed by atoms with Crippen molar-refractivity contribution in [1.82, 2.24) is 0 Å². The molecule has 1 unspecified atom stereocenters. The van der Waals surface area contributed by atoms with Gasteiger partial charge in [0.1, 0.15) is 25.1 Å². The van der Waals surface area contributed by atoms with Crippen LogP contribution in [0.4, 0.5) is 10.1 Å². The number of anilines is 1. The van der Waals surface area contributed by atoms with E-state index in [0.29, 0.717) is 11.4 Å². The number of aryl methyl sites for hydroxylation is 1. The average Bonchev–Trinajstić information content (AvgIpc) is 2.47. The van der Waals surface area contributed by atoms with Crippen LogP contribution in [0.5, 0.6) is 11.5 Å². The van der Waals surface area contributed by atoms with Crippen molar-refractivity contribution in [3.63, 3.8) is 0 Å². The number of aliphatic hydroxyl groups excluding tert-OH is 1. The van der Waals surface area contributed by atoms with Crippen LogP contribution in [-0.4, -0.2) is 24.4 Å². The van der Waals surface area contributed by atoms with E-state index in [2.05, 4.69) is 0 Å². The Labute approximate surface area is 122 Å². The Balaban J connectivity index is 1.84. The number of nitrogen functional groups attached to an aromatic ring is 1. The largest absolute Gasteiger partial charge is 0.489 e. The first-order valence-electron chi connectivity index (χ1n) is 6.60. The number of para-hydroxylation sites is 2. The van der Waals surface area contributed by atoms with Crippen molar-refractivity contribution in [1.29, 1.82) is 0 Å². The SMILES string of the molecule is Cc1ccc(F)c(OCC(O)COc2ccccc2N)c1. The van der Waals surface area contributed by atoms with Crippen molar-refractivity contribution >= 4 is 5.69 Å². The molecule has 0 spiro atoms. The number of benzene rings is 2. The van der Waals surface area contributed by atoms with Crippen LogP contribution < -0.4 is 15.2 Å². The Hall–Kier alpha value is -2.27. The number of hydrogen-bond acceptors (Lipinski definition) is 4. The van der Waals surface area contributed by atoms with Gasteiger partial charge in [0.25, 0.3) is 0 Å². The number of aliphatic hydroxyl groups is 1. The highest BCUT2D eigenvalue weighted by molar-refractivity contribution is 5.51. The van der Waals surface area contributed by atoms with Crippen molar-refractivity contribution in [3.8, 4) is 11.5 Å². The number of halogens is 1. The lowest BCUT2D eigenvalue weighted by Crippen LogP contribution is -2.25. The third kappa shape index (κ3) is 4.36. The Morgan fingerprint density at radius 1 is 1.10 bits per heavy atom. The minimum Gasteiger partial charge on any atom is -0.489 e. The lowest BCUT2D eigenvalue weighted by Gasteiger charge is -2.15. The maximum Gasteiger partial charge on any atom is 0.165 e. The predicted molar refractivity (Wildman–Crippen MR) is 79.0 cm³/mol. The number of rotatable bonds is 6. The summed E-state index contributed by atoms with van der Waals surface area (Å²) in [4.78, 5) is 0. The minimum atomic E-state index is -0.885. The van der Waals surface area contributed by atoms with E-state index in [1.807, 2.05) is 6.92 Å². The molecule has 1 atom stereocenters. The summed E-state index contributed by atoms with van der Waals surface area (Å²) in [6.45, 7) is 1.79. The van der Waals surface area contributed by atoms with Gasteiger partial charge in [-0.2, -0.15) is 0 Å². The second kappa shape index (κ2) is 6.95. The van der Waals surface area contributed by atoms with Gasteiger partial charge < -0.3 is 20.3 Å². The predicted octanol–water partition coefficient (Wildman–Crippen LogP) is 2.54. The summed E-state index contributed by atoms with van der Waals surface area (Å²) in [6.07, 6.45) is -0.885. The van der Waals surface area contributed by atoms with Gasteiger partial charge in [-0.05, 0) is 36.8 Å². The van der Waals surface area contributed by atoms with Gasteiger partial charge in [0.15, 0.2) is 11.6 Å². The highest BCUT2D eigenvalue weighted by Crippen LogP contribution is 2.20. The van der Waals surface area contributed by atoms with Crippen molar-refractivity contribution in [2.75, 3.05) is 18.9 Å². The molecule has 2 aromatic rings. The second-order valence-corrected chi connectivity index (χ2v) is 4.75. The molecule has 2 aromatic carbocycles. The van der Waals surface area contributed by atoms with E-state index < -0.39 is 11.9 Å².